The third-order valence-electron chi connectivity index (χ3n) is 8.82. The molecule has 1 heterocycles. The van der Waals surface area contributed by atoms with Gasteiger partial charge in [-0.25, -0.2) is 0 Å². The Balaban J connectivity index is 2.31. The number of aliphatic hydroxyl groups excluding tert-OH is 1. The predicted octanol–water partition coefficient (Wildman–Crippen LogP) is 4.16. The fraction of sp³-hybridized carbons (Fsp3) is 0.677. The lowest BCUT2D eigenvalue weighted by Gasteiger charge is -2.62. The second-order valence-corrected chi connectivity index (χ2v) is 12.2. The largest absolute Gasteiger partial charge is 0.459 e. The lowest BCUT2D eigenvalue weighted by atomic mass is 9.44. The highest BCUT2D eigenvalue weighted by Crippen LogP contribution is 2.67. The number of ether oxygens (including phenoxy) is 5. The molecule has 10 nitrogen and oxygen atoms in total. The number of carbonyl (C=O) groups excluding carboxylic acids is 4. The van der Waals surface area contributed by atoms with Crippen LogP contribution in [-0.2, 0) is 42.9 Å². The Bertz CT molecular complexity index is 1120. The van der Waals surface area contributed by atoms with E-state index in [2.05, 4.69) is 6.58 Å². The molecule has 0 bridgehead atoms. The van der Waals surface area contributed by atoms with Crippen molar-refractivity contribution in [1.82, 2.24) is 0 Å². The number of hydrogen-bond acceptors (Lipinski definition) is 10. The van der Waals surface area contributed by atoms with Crippen LogP contribution in [0.2, 0.25) is 0 Å². The molecule has 1 spiro atoms. The summed E-state index contributed by atoms with van der Waals surface area (Å²) >= 11 is 0. The average molecular weight is 577 g/mol. The minimum Gasteiger partial charge on any atom is -0.459 e. The van der Waals surface area contributed by atoms with E-state index in [9.17, 15) is 24.3 Å². The van der Waals surface area contributed by atoms with E-state index in [1.807, 2.05) is 40.7 Å². The van der Waals surface area contributed by atoms with Crippen molar-refractivity contribution >= 4 is 23.9 Å². The van der Waals surface area contributed by atoms with Crippen molar-refractivity contribution in [2.75, 3.05) is 0 Å². The Morgan fingerprint density at radius 1 is 1.07 bits per heavy atom. The number of allylic oxidation sites excluding steroid dienone is 3. The van der Waals surface area contributed by atoms with E-state index in [0.29, 0.717) is 12.0 Å². The van der Waals surface area contributed by atoms with E-state index in [0.717, 1.165) is 5.57 Å². The number of hydrogen-bond donors (Lipinski definition) is 1. The maximum atomic E-state index is 12.8. The zero-order valence-corrected chi connectivity index (χ0v) is 25.3. The number of carbonyl (C=O) groups is 4. The van der Waals surface area contributed by atoms with Crippen LogP contribution in [0, 0.1) is 28.6 Å². The third kappa shape index (κ3) is 6.28. The molecule has 1 saturated heterocycles. The highest BCUT2D eigenvalue weighted by molar-refractivity contribution is 5.70. The first-order chi connectivity index (χ1) is 19.1. The quantitative estimate of drug-likeness (QED) is 0.185. The molecule has 0 unspecified atom stereocenters. The molecule has 9 atom stereocenters. The van der Waals surface area contributed by atoms with Gasteiger partial charge in [-0.2, -0.15) is 0 Å². The molecular formula is C31H44O10. The summed E-state index contributed by atoms with van der Waals surface area (Å²) in [7, 11) is 0. The summed E-state index contributed by atoms with van der Waals surface area (Å²) in [6, 6.07) is 0. The number of aliphatic hydroxyl groups is 1. The summed E-state index contributed by atoms with van der Waals surface area (Å²) in [6.07, 6.45) is 0.422. The van der Waals surface area contributed by atoms with Crippen LogP contribution in [0.5, 0.6) is 0 Å². The van der Waals surface area contributed by atoms with Crippen LogP contribution in [0.25, 0.3) is 0 Å². The van der Waals surface area contributed by atoms with Gasteiger partial charge in [0.25, 0.3) is 0 Å². The van der Waals surface area contributed by atoms with Crippen LogP contribution in [0.15, 0.2) is 36.0 Å². The van der Waals surface area contributed by atoms with Crippen molar-refractivity contribution in [1.29, 1.82) is 0 Å². The van der Waals surface area contributed by atoms with Crippen molar-refractivity contribution in [3.8, 4) is 0 Å². The smallest absolute Gasteiger partial charge is 0.306 e. The Labute approximate surface area is 242 Å². The Morgan fingerprint density at radius 2 is 1.68 bits per heavy atom. The zero-order valence-electron chi connectivity index (χ0n) is 25.3. The summed E-state index contributed by atoms with van der Waals surface area (Å²) in [5.74, 6) is -3.17. The maximum Gasteiger partial charge on any atom is 0.306 e. The monoisotopic (exact) mass is 576 g/mol. The van der Waals surface area contributed by atoms with Crippen LogP contribution in [-0.4, -0.2) is 59.9 Å². The SMILES string of the molecule is C=C/C(C)=C\C[C@]1(C)[C@H]2C[C@H](OC(=O)CC(C)C)C=C3[C@H](OC(C)=O)O[C@H](OC(C)=O)[C@@]32[C@H](O)[C@@H](OC(C)=O)[C@@H]1C. The van der Waals surface area contributed by atoms with E-state index < -0.39 is 71.5 Å². The Kier molecular flexibility index (Phi) is 9.91. The molecule has 2 aliphatic carbocycles. The van der Waals surface area contributed by atoms with Gasteiger partial charge in [0.15, 0.2) is 0 Å². The molecule has 1 saturated carbocycles. The van der Waals surface area contributed by atoms with E-state index in [1.54, 1.807) is 12.2 Å². The predicted molar refractivity (Wildman–Crippen MR) is 148 cm³/mol. The van der Waals surface area contributed by atoms with Gasteiger partial charge in [-0.3, -0.25) is 23.9 Å². The minimum absolute atomic E-state index is 0.0769. The summed E-state index contributed by atoms with van der Waals surface area (Å²) in [5.41, 5.74) is -0.973. The molecule has 0 aromatic rings. The fourth-order valence-electron chi connectivity index (χ4n) is 6.79. The van der Waals surface area contributed by atoms with Crippen LogP contribution in [0.1, 0.15) is 74.7 Å². The van der Waals surface area contributed by atoms with Gasteiger partial charge in [0.2, 0.25) is 12.6 Å². The van der Waals surface area contributed by atoms with Gasteiger partial charge >= 0.3 is 23.9 Å². The molecular weight excluding hydrogens is 532 g/mol. The molecule has 228 valence electrons. The highest BCUT2D eigenvalue weighted by atomic mass is 16.8. The van der Waals surface area contributed by atoms with Crippen LogP contribution in [0.3, 0.4) is 0 Å². The number of esters is 4. The van der Waals surface area contributed by atoms with Gasteiger partial charge in [0.1, 0.15) is 18.3 Å². The lowest BCUT2D eigenvalue weighted by molar-refractivity contribution is -0.275. The highest BCUT2D eigenvalue weighted by Gasteiger charge is 2.74. The molecule has 41 heavy (non-hydrogen) atoms. The minimum atomic E-state index is -1.48. The standard InChI is InChI=1S/C31H44O10/c1-10-17(4)11-12-30(9)18(5)26(37-19(6)32)27(36)31-23(28(38-20(7)33)41-29(31)39-21(8)34)14-22(15-24(30)31)40-25(35)13-16(2)3/h10-11,14,16,18,22,24,26-29,36H,1,12-13,15H2,2-9H3/b17-11-/t18-,22+,24+,26-,27+,28+,29-,30-,31-/m0/s1. The molecule has 2 fully saturated rings. The molecule has 0 aromatic carbocycles. The van der Waals surface area contributed by atoms with Crippen LogP contribution >= 0.6 is 0 Å². The third-order valence-corrected chi connectivity index (χ3v) is 8.82. The molecule has 10 heteroatoms. The fourth-order valence-corrected chi connectivity index (χ4v) is 6.79. The first-order valence-electron chi connectivity index (χ1n) is 14.1. The second kappa shape index (κ2) is 12.5. The van der Waals surface area contributed by atoms with E-state index >= 15 is 0 Å². The van der Waals surface area contributed by atoms with E-state index in [4.69, 9.17) is 23.7 Å². The van der Waals surface area contributed by atoms with Crippen molar-refractivity contribution in [2.45, 2.75) is 106 Å². The van der Waals surface area contributed by atoms with E-state index in [-0.39, 0.29) is 24.7 Å². The van der Waals surface area contributed by atoms with Gasteiger partial charge in [-0.1, -0.05) is 52.0 Å². The lowest BCUT2D eigenvalue weighted by Crippen LogP contribution is -2.68. The molecule has 3 aliphatic rings. The van der Waals surface area contributed by atoms with Crippen molar-refractivity contribution in [3.63, 3.8) is 0 Å². The normalized spacial score (nSPS) is 36.4. The summed E-state index contributed by atoms with van der Waals surface area (Å²) in [6.45, 7) is 17.2. The molecule has 0 aromatic heterocycles. The molecule has 0 amide bonds. The topological polar surface area (TPSA) is 135 Å². The number of rotatable bonds is 9. The van der Waals surface area contributed by atoms with Crippen molar-refractivity contribution < 1.29 is 48.0 Å². The average Bonchev–Trinajstić information content (AvgIpc) is 3.14. The van der Waals surface area contributed by atoms with Gasteiger partial charge < -0.3 is 24.1 Å². The van der Waals surface area contributed by atoms with Crippen molar-refractivity contribution in [2.24, 2.45) is 28.6 Å². The summed E-state index contributed by atoms with van der Waals surface area (Å²) < 4.78 is 29.0. The molecule has 1 N–H and O–H groups in total. The maximum absolute atomic E-state index is 12.8. The van der Waals surface area contributed by atoms with Crippen LogP contribution in [0.4, 0.5) is 0 Å². The Morgan fingerprint density at radius 3 is 2.22 bits per heavy atom. The van der Waals surface area contributed by atoms with Crippen molar-refractivity contribution in [3.05, 3.63) is 36.0 Å². The molecule has 1 aliphatic heterocycles. The first-order valence-corrected chi connectivity index (χ1v) is 14.1. The van der Waals surface area contributed by atoms with Gasteiger partial charge in [0.05, 0.1) is 5.41 Å². The first kappa shape index (κ1) is 32.5. The van der Waals surface area contributed by atoms with E-state index in [1.165, 1.54) is 20.8 Å². The molecule has 0 radical (unpaired) electrons. The zero-order chi connectivity index (χ0) is 30.9. The summed E-state index contributed by atoms with van der Waals surface area (Å²) in [4.78, 5) is 49.6. The Hall–Kier alpha value is -2.98. The summed E-state index contributed by atoms with van der Waals surface area (Å²) in [5, 5.41) is 12.2. The van der Waals surface area contributed by atoms with Crippen LogP contribution < -0.4 is 0 Å². The van der Waals surface area contributed by atoms with Gasteiger partial charge in [0, 0.05) is 38.7 Å². The molecule has 3 rings (SSSR count). The van der Waals surface area contributed by atoms with Gasteiger partial charge in [-0.05, 0) is 43.1 Å². The van der Waals surface area contributed by atoms with Gasteiger partial charge in [-0.15, -0.1) is 0 Å². The second-order valence-electron chi connectivity index (χ2n) is 12.2.